The molecule has 80 valence electrons. The molecule has 0 aromatic heterocycles. The predicted octanol–water partition coefficient (Wildman–Crippen LogP) is 0.898. The molecule has 14 heavy (non-hydrogen) atoms. The summed E-state index contributed by atoms with van der Waals surface area (Å²) < 4.78 is 40.3. The quantitative estimate of drug-likeness (QED) is 0.633. The number of carbonyl (C=O) groups excluding carboxylic acids is 2. The summed E-state index contributed by atoms with van der Waals surface area (Å²) in [6.45, 7) is -1.88. The third-order valence-electron chi connectivity index (χ3n) is 1.29. The summed E-state index contributed by atoms with van der Waals surface area (Å²) in [7, 11) is 0. The molecule has 2 atom stereocenters. The summed E-state index contributed by atoms with van der Waals surface area (Å²) in [4.78, 5) is 20.8. The molecule has 1 aliphatic heterocycles. The molecule has 2 unspecified atom stereocenters. The van der Waals surface area contributed by atoms with Gasteiger partial charge in [0, 0.05) is 0 Å². The first kappa shape index (κ1) is 10.5. The zero-order valence-electron chi connectivity index (χ0n) is 6.77. The second kappa shape index (κ2) is 4.58. The van der Waals surface area contributed by atoms with Crippen LogP contribution < -0.4 is 0 Å². The zero-order valence-corrected chi connectivity index (χ0v) is 6.77. The van der Waals surface area contributed by atoms with Gasteiger partial charge in [-0.1, -0.05) is 0 Å². The molecule has 0 spiro atoms. The molecule has 1 aliphatic rings. The summed E-state index contributed by atoms with van der Waals surface area (Å²) in [6, 6.07) is 0. The minimum Gasteiger partial charge on any atom is -0.430 e. The van der Waals surface area contributed by atoms with Gasteiger partial charge in [-0.25, -0.2) is 14.0 Å². The number of cyclic esters (lactones) is 2. The molecule has 0 amide bonds. The third-order valence-corrected chi connectivity index (χ3v) is 1.29. The number of halogens is 2. The van der Waals surface area contributed by atoms with Gasteiger partial charge in [-0.05, 0) is 0 Å². The van der Waals surface area contributed by atoms with E-state index >= 15 is 0 Å². The van der Waals surface area contributed by atoms with Crippen LogP contribution in [0.4, 0.5) is 18.4 Å². The molecule has 0 aromatic rings. The molecule has 8 heteroatoms. The van der Waals surface area contributed by atoms with E-state index in [1.807, 2.05) is 0 Å². The number of hydrogen-bond donors (Lipinski definition) is 0. The number of rotatable bonds is 2. The Balaban J connectivity index is 2.37. The first-order valence-electron chi connectivity index (χ1n) is 3.50. The molecule has 1 saturated heterocycles. The lowest BCUT2D eigenvalue weighted by molar-refractivity contribution is -0.158. The molecule has 0 N–H and O–H groups in total. The van der Waals surface area contributed by atoms with Gasteiger partial charge in [-0.2, -0.15) is 4.39 Å². The normalized spacial score (nSPS) is 26.0. The van der Waals surface area contributed by atoms with Crippen LogP contribution in [-0.4, -0.2) is 38.2 Å². The van der Waals surface area contributed by atoms with Crippen molar-refractivity contribution in [3.8, 4) is 0 Å². The lowest BCUT2D eigenvalue weighted by Crippen LogP contribution is -2.41. The fourth-order valence-corrected chi connectivity index (χ4v) is 0.717. The zero-order chi connectivity index (χ0) is 10.6. The Kier molecular flexibility index (Phi) is 3.43. The van der Waals surface area contributed by atoms with E-state index in [4.69, 9.17) is 0 Å². The van der Waals surface area contributed by atoms with Gasteiger partial charge in [0.15, 0.2) is 0 Å². The van der Waals surface area contributed by atoms with Gasteiger partial charge < -0.3 is 18.9 Å². The Labute approximate surface area is 76.7 Å². The molecular weight excluding hydrogens is 206 g/mol. The first-order valence-corrected chi connectivity index (χ1v) is 3.50. The highest BCUT2D eigenvalue weighted by Gasteiger charge is 2.35. The Bertz CT molecular complexity index is 232. The van der Waals surface area contributed by atoms with E-state index in [-0.39, 0.29) is 0 Å². The van der Waals surface area contributed by atoms with Crippen LogP contribution in [0, 0.1) is 0 Å². The average Bonchev–Trinajstić information content (AvgIpc) is 2.10. The molecule has 0 aliphatic carbocycles. The van der Waals surface area contributed by atoms with Crippen LogP contribution in [0.5, 0.6) is 0 Å². The summed E-state index contributed by atoms with van der Waals surface area (Å²) in [6.07, 6.45) is -6.17. The predicted molar refractivity (Wildman–Crippen MR) is 34.7 cm³/mol. The highest BCUT2D eigenvalue weighted by molar-refractivity contribution is 5.62. The molecule has 6 nitrogen and oxygen atoms in total. The minimum absolute atomic E-state index is 0.499. The second-order valence-corrected chi connectivity index (χ2v) is 2.19. The van der Waals surface area contributed by atoms with Crippen molar-refractivity contribution in [2.24, 2.45) is 0 Å². The highest BCUT2D eigenvalue weighted by Crippen LogP contribution is 2.14. The van der Waals surface area contributed by atoms with E-state index in [0.29, 0.717) is 0 Å². The van der Waals surface area contributed by atoms with E-state index in [1.54, 1.807) is 0 Å². The van der Waals surface area contributed by atoms with E-state index in [0.717, 1.165) is 0 Å². The van der Waals surface area contributed by atoms with Crippen molar-refractivity contribution >= 4 is 12.3 Å². The van der Waals surface area contributed by atoms with Crippen LogP contribution in [-0.2, 0) is 18.9 Å². The number of hydrogen-bond acceptors (Lipinski definition) is 6. The monoisotopic (exact) mass is 212 g/mol. The number of alkyl halides is 2. The first-order chi connectivity index (χ1) is 6.63. The van der Waals surface area contributed by atoms with Crippen molar-refractivity contribution in [2.75, 3.05) is 13.5 Å². The van der Waals surface area contributed by atoms with Gasteiger partial charge >= 0.3 is 12.3 Å². The summed E-state index contributed by atoms with van der Waals surface area (Å²) in [5.74, 6) is 0. The van der Waals surface area contributed by atoms with Gasteiger partial charge in [0.25, 0.3) is 6.36 Å². The largest absolute Gasteiger partial charge is 0.511 e. The van der Waals surface area contributed by atoms with Crippen LogP contribution >= 0.6 is 0 Å². The highest BCUT2D eigenvalue weighted by atomic mass is 19.1. The molecule has 1 heterocycles. The van der Waals surface area contributed by atoms with Crippen LogP contribution in [0.1, 0.15) is 0 Å². The maximum Gasteiger partial charge on any atom is 0.511 e. The maximum atomic E-state index is 12.7. The van der Waals surface area contributed by atoms with Gasteiger partial charge in [0.05, 0.1) is 0 Å². The van der Waals surface area contributed by atoms with Crippen molar-refractivity contribution in [1.29, 1.82) is 0 Å². The molecular formula is C6H6F2O6. The Morgan fingerprint density at radius 2 is 2.36 bits per heavy atom. The van der Waals surface area contributed by atoms with Gasteiger partial charge in [0.2, 0.25) is 13.0 Å². The van der Waals surface area contributed by atoms with Crippen LogP contribution in [0.25, 0.3) is 0 Å². The minimum atomic E-state index is -2.14. The fraction of sp³-hybridized carbons (Fsp3) is 0.667. The third kappa shape index (κ3) is 2.71. The maximum absolute atomic E-state index is 12.7. The second-order valence-electron chi connectivity index (χ2n) is 2.19. The molecule has 0 bridgehead atoms. The van der Waals surface area contributed by atoms with Crippen molar-refractivity contribution < 1.29 is 37.3 Å². The SMILES string of the molecule is O=C1OCC(OC(=O)OCF)C(F)O1. The average molecular weight is 212 g/mol. The van der Waals surface area contributed by atoms with Crippen molar-refractivity contribution in [2.45, 2.75) is 12.5 Å². The van der Waals surface area contributed by atoms with Gasteiger partial charge in [-0.15, -0.1) is 0 Å². The Morgan fingerprint density at radius 3 is 2.93 bits per heavy atom. The van der Waals surface area contributed by atoms with Crippen molar-refractivity contribution in [1.82, 2.24) is 0 Å². The van der Waals surface area contributed by atoms with Crippen LogP contribution in [0.15, 0.2) is 0 Å². The molecule has 0 saturated carbocycles. The molecule has 0 radical (unpaired) electrons. The Hall–Kier alpha value is -1.60. The Morgan fingerprint density at radius 1 is 1.64 bits per heavy atom. The molecule has 1 fully saturated rings. The molecule has 1 rings (SSSR count). The number of ether oxygens (including phenoxy) is 4. The van der Waals surface area contributed by atoms with Gasteiger partial charge in [0.1, 0.15) is 6.61 Å². The fourth-order valence-electron chi connectivity index (χ4n) is 0.717. The summed E-state index contributed by atoms with van der Waals surface area (Å²) in [5.41, 5.74) is 0. The lowest BCUT2D eigenvalue weighted by Gasteiger charge is -2.24. The molecule has 0 aromatic carbocycles. The van der Waals surface area contributed by atoms with Crippen molar-refractivity contribution in [3.63, 3.8) is 0 Å². The summed E-state index contributed by atoms with van der Waals surface area (Å²) >= 11 is 0. The summed E-state index contributed by atoms with van der Waals surface area (Å²) in [5, 5.41) is 0. The van der Waals surface area contributed by atoms with Crippen molar-refractivity contribution in [3.05, 3.63) is 0 Å². The lowest BCUT2D eigenvalue weighted by atomic mass is 10.4. The topological polar surface area (TPSA) is 71.1 Å². The number of carbonyl (C=O) groups is 2. The van der Waals surface area contributed by atoms with E-state index < -0.39 is 38.2 Å². The van der Waals surface area contributed by atoms with E-state index in [1.165, 1.54) is 0 Å². The smallest absolute Gasteiger partial charge is 0.430 e. The van der Waals surface area contributed by atoms with Gasteiger partial charge in [-0.3, -0.25) is 0 Å². The van der Waals surface area contributed by atoms with E-state index in [2.05, 4.69) is 18.9 Å². The van der Waals surface area contributed by atoms with Crippen LogP contribution in [0.2, 0.25) is 0 Å². The standard InChI is InChI=1S/C6H6F2O6/c7-2-12-6(10)13-3-1-11-5(9)14-4(3)8/h3-4H,1-2H2. The van der Waals surface area contributed by atoms with Crippen LogP contribution in [0.3, 0.4) is 0 Å². The van der Waals surface area contributed by atoms with E-state index in [9.17, 15) is 18.4 Å².